The molecule has 13 heavy (non-hydrogen) atoms. The van der Waals surface area contributed by atoms with Gasteiger partial charge in [0.1, 0.15) is 0 Å². The summed E-state index contributed by atoms with van der Waals surface area (Å²) in [4.78, 5) is 14.4. The first kappa shape index (κ1) is 9.95. The van der Waals surface area contributed by atoms with Crippen LogP contribution in [0.1, 0.15) is 10.5 Å². The van der Waals surface area contributed by atoms with E-state index < -0.39 is 5.97 Å². The van der Waals surface area contributed by atoms with E-state index in [2.05, 4.69) is 4.98 Å². The van der Waals surface area contributed by atoms with Crippen LogP contribution in [0.15, 0.2) is 23.7 Å². The van der Waals surface area contributed by atoms with E-state index in [1.807, 2.05) is 11.4 Å². The summed E-state index contributed by atoms with van der Waals surface area (Å²) in [6.45, 7) is 0. The van der Waals surface area contributed by atoms with Crippen LogP contribution < -0.4 is 0 Å². The third-order valence-electron chi connectivity index (χ3n) is 1.57. The lowest BCUT2D eigenvalue weighted by molar-refractivity contribution is 0.0693. The van der Waals surface area contributed by atoms with Crippen molar-refractivity contribution in [1.82, 2.24) is 4.98 Å². The maximum absolute atomic E-state index is 10.7. The minimum atomic E-state index is -0.969. The van der Waals surface area contributed by atoms with Crippen LogP contribution in [0.5, 0.6) is 0 Å². The second-order valence-corrected chi connectivity index (χ2v) is 3.22. The quantitative estimate of drug-likeness (QED) is 0.795. The van der Waals surface area contributed by atoms with Gasteiger partial charge < -0.3 is 5.11 Å². The van der Waals surface area contributed by atoms with Crippen molar-refractivity contribution >= 4 is 39.8 Å². The second-order valence-electron chi connectivity index (χ2n) is 2.30. The van der Waals surface area contributed by atoms with Gasteiger partial charge in [-0.05, 0) is 22.9 Å². The largest absolute Gasteiger partial charge is 0.476 e. The number of fused-ring (bicyclic) bond motifs is 1. The Morgan fingerprint density at radius 1 is 1.46 bits per heavy atom. The molecule has 2 heterocycles. The number of nitrogens with zero attached hydrogens (tertiary/aromatic N) is 1. The Morgan fingerprint density at radius 3 is 2.92 bits per heavy atom. The lowest BCUT2D eigenvalue weighted by Crippen LogP contribution is -1.98. The van der Waals surface area contributed by atoms with Gasteiger partial charge in [-0.25, -0.2) is 9.78 Å². The number of pyridine rings is 1. The molecule has 0 bridgehead atoms. The number of hydrogen-bond donors (Lipinski definition) is 1. The zero-order valence-corrected chi connectivity index (χ0v) is 8.06. The summed E-state index contributed by atoms with van der Waals surface area (Å²) in [5, 5.41) is 11.5. The average molecular weight is 216 g/mol. The Labute approximate surface area is 84.4 Å². The normalized spacial score (nSPS) is 9.54. The van der Waals surface area contributed by atoms with Gasteiger partial charge in [0, 0.05) is 6.20 Å². The molecule has 68 valence electrons. The molecular formula is C8H6ClNO2S. The van der Waals surface area contributed by atoms with Crippen LogP contribution in [0.3, 0.4) is 0 Å². The minimum absolute atomic E-state index is 0. The van der Waals surface area contributed by atoms with Gasteiger partial charge in [0.05, 0.1) is 4.70 Å². The molecule has 5 heteroatoms. The van der Waals surface area contributed by atoms with Gasteiger partial charge in [0.2, 0.25) is 0 Å². The van der Waals surface area contributed by atoms with Crippen LogP contribution in [0.4, 0.5) is 0 Å². The summed E-state index contributed by atoms with van der Waals surface area (Å²) < 4.78 is 0.741. The molecule has 0 aromatic carbocycles. The highest BCUT2D eigenvalue weighted by atomic mass is 35.5. The van der Waals surface area contributed by atoms with E-state index in [0.717, 1.165) is 10.1 Å². The molecule has 0 spiro atoms. The average Bonchev–Trinajstić information content (AvgIpc) is 2.49. The Morgan fingerprint density at radius 2 is 2.23 bits per heavy atom. The van der Waals surface area contributed by atoms with Crippen molar-refractivity contribution in [3.63, 3.8) is 0 Å². The van der Waals surface area contributed by atoms with Crippen LogP contribution in [0, 0.1) is 0 Å². The smallest absolute Gasteiger partial charge is 0.355 e. The Bertz CT molecular complexity index is 440. The first-order valence-electron chi connectivity index (χ1n) is 3.34. The molecule has 0 radical (unpaired) electrons. The Hall–Kier alpha value is -1.13. The summed E-state index contributed by atoms with van der Waals surface area (Å²) in [5.41, 5.74) is 0.141. The molecule has 1 N–H and O–H groups in total. The minimum Gasteiger partial charge on any atom is -0.476 e. The van der Waals surface area contributed by atoms with Crippen molar-refractivity contribution in [2.24, 2.45) is 0 Å². The first-order valence-corrected chi connectivity index (χ1v) is 4.22. The van der Waals surface area contributed by atoms with E-state index in [0.29, 0.717) is 0 Å². The van der Waals surface area contributed by atoms with E-state index in [1.165, 1.54) is 17.5 Å². The maximum atomic E-state index is 10.7. The lowest BCUT2D eigenvalue weighted by Gasteiger charge is -1.93. The molecule has 0 atom stereocenters. The number of carboxylic acids is 1. The summed E-state index contributed by atoms with van der Waals surface area (Å²) >= 11 is 1.40. The summed E-state index contributed by atoms with van der Waals surface area (Å²) in [6.07, 6.45) is 1.51. The Kier molecular flexibility index (Phi) is 2.85. The Balaban J connectivity index is 0.000000845. The molecule has 0 saturated carbocycles. The van der Waals surface area contributed by atoms with Crippen molar-refractivity contribution in [1.29, 1.82) is 0 Å². The molecule has 2 aromatic rings. The third-order valence-corrected chi connectivity index (χ3v) is 2.51. The van der Waals surface area contributed by atoms with Crippen LogP contribution in [-0.4, -0.2) is 16.1 Å². The first-order chi connectivity index (χ1) is 5.79. The third kappa shape index (κ3) is 1.64. The predicted octanol–water partition coefficient (Wildman–Crippen LogP) is 2.42. The molecule has 0 aliphatic heterocycles. The molecule has 0 unspecified atom stereocenters. The van der Waals surface area contributed by atoms with Crippen molar-refractivity contribution in [2.45, 2.75) is 0 Å². The van der Waals surface area contributed by atoms with E-state index in [1.54, 1.807) is 6.07 Å². The number of rotatable bonds is 1. The fourth-order valence-corrected chi connectivity index (χ4v) is 1.92. The van der Waals surface area contributed by atoms with Crippen molar-refractivity contribution in [3.8, 4) is 0 Å². The monoisotopic (exact) mass is 215 g/mol. The topological polar surface area (TPSA) is 50.2 Å². The highest BCUT2D eigenvalue weighted by Gasteiger charge is 2.09. The van der Waals surface area contributed by atoms with E-state index in [4.69, 9.17) is 5.11 Å². The van der Waals surface area contributed by atoms with Crippen LogP contribution in [-0.2, 0) is 0 Å². The summed E-state index contributed by atoms with van der Waals surface area (Å²) in [6, 6.07) is 3.69. The standard InChI is InChI=1S/C8H5NO2S.ClH/c10-8(11)6-7-5(1-3-9-6)2-4-12-7;/h1-4H,(H,10,11);1H. The molecule has 2 aromatic heterocycles. The van der Waals surface area contributed by atoms with Gasteiger partial charge in [-0.1, -0.05) is 0 Å². The van der Waals surface area contributed by atoms with Crippen LogP contribution in [0.25, 0.3) is 10.1 Å². The van der Waals surface area contributed by atoms with Gasteiger partial charge in [-0.3, -0.25) is 0 Å². The molecule has 0 aliphatic rings. The lowest BCUT2D eigenvalue weighted by atomic mass is 10.3. The number of thiophene rings is 1. The van der Waals surface area contributed by atoms with Gasteiger partial charge in [-0.2, -0.15) is 0 Å². The highest BCUT2D eigenvalue weighted by Crippen LogP contribution is 2.22. The van der Waals surface area contributed by atoms with Gasteiger partial charge >= 0.3 is 5.97 Å². The molecule has 0 aliphatic carbocycles. The number of hydrogen-bond acceptors (Lipinski definition) is 3. The molecule has 0 fully saturated rings. The number of halogens is 1. The second kappa shape index (κ2) is 3.72. The van der Waals surface area contributed by atoms with E-state index >= 15 is 0 Å². The molecular weight excluding hydrogens is 210 g/mol. The van der Waals surface area contributed by atoms with Crippen molar-refractivity contribution in [2.75, 3.05) is 0 Å². The van der Waals surface area contributed by atoms with Gasteiger partial charge in [0.15, 0.2) is 5.69 Å². The van der Waals surface area contributed by atoms with Crippen LogP contribution in [0.2, 0.25) is 0 Å². The maximum Gasteiger partial charge on any atom is 0.355 e. The zero-order valence-electron chi connectivity index (χ0n) is 6.43. The van der Waals surface area contributed by atoms with Crippen molar-refractivity contribution < 1.29 is 9.90 Å². The number of aromatic carboxylic acids is 1. The summed E-state index contributed by atoms with van der Waals surface area (Å²) in [5.74, 6) is -0.969. The van der Waals surface area contributed by atoms with E-state index in [-0.39, 0.29) is 18.1 Å². The van der Waals surface area contributed by atoms with Crippen molar-refractivity contribution in [3.05, 3.63) is 29.4 Å². The summed E-state index contributed by atoms with van der Waals surface area (Å²) in [7, 11) is 0. The fraction of sp³-hybridized carbons (Fsp3) is 0. The van der Waals surface area contributed by atoms with E-state index in [9.17, 15) is 4.79 Å². The number of carbonyl (C=O) groups is 1. The highest BCUT2D eigenvalue weighted by molar-refractivity contribution is 7.17. The van der Waals surface area contributed by atoms with Gasteiger partial charge in [0.25, 0.3) is 0 Å². The van der Waals surface area contributed by atoms with Gasteiger partial charge in [-0.15, -0.1) is 23.7 Å². The molecule has 2 rings (SSSR count). The number of carboxylic acid groups (broad SMARTS) is 1. The molecule has 0 saturated heterocycles. The number of aromatic nitrogens is 1. The predicted molar refractivity (Wildman–Crippen MR) is 53.8 cm³/mol. The zero-order chi connectivity index (χ0) is 8.55. The molecule has 3 nitrogen and oxygen atoms in total. The molecule has 0 amide bonds. The fourth-order valence-electron chi connectivity index (χ4n) is 1.05. The SMILES string of the molecule is Cl.O=C(O)c1nccc2ccsc12. The van der Waals surface area contributed by atoms with Crippen LogP contribution >= 0.6 is 23.7 Å².